The first-order chi connectivity index (χ1) is 23.9. The highest BCUT2D eigenvalue weighted by Crippen LogP contribution is 2.48. The van der Waals surface area contributed by atoms with E-state index in [-0.39, 0.29) is 12.1 Å². The summed E-state index contributed by atoms with van der Waals surface area (Å²) in [5.41, 5.74) is 7.07. The molecular formula is C35H50N10O4S. The summed E-state index contributed by atoms with van der Waals surface area (Å²) in [4.78, 5) is 37.8. The molecule has 2 fully saturated rings. The quantitative estimate of drug-likeness (QED) is 0.322. The molecule has 1 aliphatic carbocycles. The summed E-state index contributed by atoms with van der Waals surface area (Å²) < 4.78 is 16.9. The number of nitriles is 1. The van der Waals surface area contributed by atoms with Crippen molar-refractivity contribution in [1.29, 1.82) is 5.26 Å². The Hall–Kier alpha value is -4.00. The van der Waals surface area contributed by atoms with Gasteiger partial charge in [-0.1, -0.05) is 5.16 Å². The van der Waals surface area contributed by atoms with Crippen molar-refractivity contribution in [2.75, 3.05) is 81.6 Å². The van der Waals surface area contributed by atoms with E-state index < -0.39 is 11.0 Å². The highest BCUT2D eigenvalue weighted by molar-refractivity contribution is 7.16. The molecule has 270 valence electrons. The molecule has 0 aromatic carbocycles. The Labute approximate surface area is 298 Å². The molecule has 3 aromatic heterocycles. The number of methoxy groups -OCH3 is 1. The summed E-state index contributed by atoms with van der Waals surface area (Å²) in [6, 6.07) is 4.41. The molecule has 14 nitrogen and oxygen atoms in total. The van der Waals surface area contributed by atoms with Gasteiger partial charge in [0.15, 0.2) is 0 Å². The number of hydrogen-bond donors (Lipinski definition) is 1. The van der Waals surface area contributed by atoms with Crippen LogP contribution in [0.25, 0.3) is 11.5 Å². The first-order valence-electron chi connectivity index (χ1n) is 17.7. The summed E-state index contributed by atoms with van der Waals surface area (Å²) in [6.07, 6.45) is 4.23. The molecule has 0 spiro atoms. The number of carbonyl (C=O) groups excluding carboxylic acids is 1. The van der Waals surface area contributed by atoms with Crippen LogP contribution in [0, 0.1) is 11.3 Å². The summed E-state index contributed by atoms with van der Waals surface area (Å²) in [7, 11) is 1.74. The Morgan fingerprint density at radius 2 is 1.94 bits per heavy atom. The molecule has 3 aromatic rings. The molecule has 1 amide bonds. The molecule has 15 heteroatoms. The van der Waals surface area contributed by atoms with Gasteiger partial charge in [-0.15, -0.1) is 11.3 Å². The molecule has 50 heavy (non-hydrogen) atoms. The number of nitrogens with zero attached hydrogens (tertiary/aromatic N) is 9. The largest absolute Gasteiger partial charge is 0.444 e. The standard InChI is InChI=1S/C35H50N10O4S/c1-23-22-42(13-9-19-47-6)12-8-14-45(23)32-38-25(20-27(39-32)43-15-17-44(18-16-43)33(46)48-34(2,3)4)30-40-31(49-41-30)35(5)11-7-10-26-28(35)24(21-36)29(37)50-26/h20,23H,7-19,22,37H2,1-6H3/t23-,35-/m0/s1. The fourth-order valence-electron chi connectivity index (χ4n) is 7.31. The summed E-state index contributed by atoms with van der Waals surface area (Å²) in [5, 5.41) is 15.0. The number of amides is 1. The van der Waals surface area contributed by atoms with Crippen molar-refractivity contribution < 1.29 is 18.8 Å². The van der Waals surface area contributed by atoms with Crippen LogP contribution in [-0.4, -0.2) is 114 Å². The van der Waals surface area contributed by atoms with Crippen molar-refractivity contribution in [1.82, 2.24) is 29.9 Å². The van der Waals surface area contributed by atoms with Gasteiger partial charge in [-0.05, 0) is 73.3 Å². The highest BCUT2D eigenvalue weighted by Gasteiger charge is 2.43. The Morgan fingerprint density at radius 3 is 2.66 bits per heavy atom. The SMILES string of the molecule is COCCCN1CCCN(c2nc(-c3noc([C@@]4(C)CCCc5sc(N)c(C#N)c54)n3)cc(N3CCN(C(=O)OC(C)(C)C)CC3)n2)[C@@H](C)C1. The lowest BCUT2D eigenvalue weighted by Crippen LogP contribution is -2.50. The first kappa shape index (κ1) is 35.8. The van der Waals surface area contributed by atoms with Crippen LogP contribution in [0.15, 0.2) is 10.6 Å². The Balaban J connectivity index is 1.32. The molecular weight excluding hydrogens is 657 g/mol. The van der Waals surface area contributed by atoms with Crippen molar-refractivity contribution in [2.24, 2.45) is 0 Å². The molecule has 2 atom stereocenters. The number of aromatic nitrogens is 4. The summed E-state index contributed by atoms with van der Waals surface area (Å²) in [5.74, 6) is 2.19. The maximum absolute atomic E-state index is 12.8. The zero-order valence-electron chi connectivity index (χ0n) is 30.2. The molecule has 3 aliphatic rings. The number of nitrogen functional groups attached to an aromatic ring is 1. The van der Waals surface area contributed by atoms with Gasteiger partial charge < -0.3 is 39.3 Å². The maximum Gasteiger partial charge on any atom is 0.410 e. The Morgan fingerprint density at radius 1 is 1.16 bits per heavy atom. The van der Waals surface area contributed by atoms with Crippen molar-refractivity contribution in [3.63, 3.8) is 0 Å². The maximum atomic E-state index is 12.8. The van der Waals surface area contributed by atoms with E-state index >= 15 is 0 Å². The van der Waals surface area contributed by atoms with Crippen molar-refractivity contribution >= 4 is 34.2 Å². The molecule has 5 heterocycles. The molecule has 0 saturated carbocycles. The molecule has 0 radical (unpaired) electrons. The predicted octanol–water partition coefficient (Wildman–Crippen LogP) is 4.68. The average molecular weight is 707 g/mol. The van der Waals surface area contributed by atoms with Gasteiger partial charge in [0, 0.05) is 82.1 Å². The summed E-state index contributed by atoms with van der Waals surface area (Å²) >= 11 is 1.48. The lowest BCUT2D eigenvalue weighted by molar-refractivity contribution is 0.0240. The van der Waals surface area contributed by atoms with Crippen molar-refractivity contribution in [3.05, 3.63) is 28.0 Å². The molecule has 2 saturated heterocycles. The lowest BCUT2D eigenvalue weighted by atomic mass is 9.72. The smallest absolute Gasteiger partial charge is 0.410 e. The fraction of sp³-hybridized carbons (Fsp3) is 0.657. The second kappa shape index (κ2) is 14.7. The molecule has 2 aliphatic heterocycles. The van der Waals surface area contributed by atoms with Gasteiger partial charge in [-0.25, -0.2) is 9.78 Å². The van der Waals surface area contributed by atoms with Crippen molar-refractivity contribution in [3.8, 4) is 17.6 Å². The van der Waals surface area contributed by atoms with E-state index in [4.69, 9.17) is 34.7 Å². The number of nitrogens with two attached hydrogens (primary N) is 1. The minimum atomic E-state index is -0.639. The number of rotatable bonds is 8. The fourth-order valence-corrected chi connectivity index (χ4v) is 8.50. The second-order valence-electron chi connectivity index (χ2n) is 14.8. The minimum Gasteiger partial charge on any atom is -0.444 e. The number of anilines is 3. The van der Waals surface area contributed by atoms with Crippen LogP contribution in [0.3, 0.4) is 0 Å². The predicted molar refractivity (Wildman–Crippen MR) is 193 cm³/mol. The van der Waals surface area contributed by atoms with Crippen LogP contribution >= 0.6 is 11.3 Å². The van der Waals surface area contributed by atoms with Gasteiger partial charge in [0.2, 0.25) is 17.7 Å². The number of hydrogen-bond acceptors (Lipinski definition) is 14. The van der Waals surface area contributed by atoms with Crippen LogP contribution in [0.2, 0.25) is 0 Å². The van der Waals surface area contributed by atoms with E-state index in [1.807, 2.05) is 26.8 Å². The average Bonchev–Trinajstić information content (AvgIpc) is 3.66. The van der Waals surface area contributed by atoms with Crippen LogP contribution in [-0.2, 0) is 21.3 Å². The monoisotopic (exact) mass is 706 g/mol. The van der Waals surface area contributed by atoms with Crippen LogP contribution in [0.4, 0.5) is 21.6 Å². The first-order valence-corrected chi connectivity index (χ1v) is 18.5. The van der Waals surface area contributed by atoms with Crippen LogP contribution in [0.5, 0.6) is 0 Å². The lowest BCUT2D eigenvalue weighted by Gasteiger charge is -2.36. The minimum absolute atomic E-state index is 0.168. The molecule has 0 unspecified atom stereocenters. The molecule has 0 bridgehead atoms. The van der Waals surface area contributed by atoms with Gasteiger partial charge in [-0.2, -0.15) is 15.2 Å². The number of aryl methyl sites for hydroxylation is 1. The normalized spacial score (nSPS) is 21.9. The van der Waals surface area contributed by atoms with E-state index in [2.05, 4.69) is 39.8 Å². The van der Waals surface area contributed by atoms with Crippen LogP contribution < -0.4 is 15.5 Å². The van der Waals surface area contributed by atoms with E-state index in [1.165, 1.54) is 11.3 Å². The van der Waals surface area contributed by atoms with Gasteiger partial charge in [0.05, 0.1) is 11.0 Å². The zero-order chi connectivity index (χ0) is 35.6. The zero-order valence-corrected chi connectivity index (χ0v) is 31.0. The third-order valence-electron chi connectivity index (χ3n) is 9.84. The van der Waals surface area contributed by atoms with Crippen LogP contribution in [0.1, 0.15) is 82.2 Å². The number of carbonyl (C=O) groups is 1. The van der Waals surface area contributed by atoms with Gasteiger partial charge in [0.25, 0.3) is 0 Å². The van der Waals surface area contributed by atoms with E-state index in [1.54, 1.807) is 12.0 Å². The Kier molecular flexibility index (Phi) is 10.5. The van der Waals surface area contributed by atoms with Gasteiger partial charge >= 0.3 is 6.09 Å². The van der Waals surface area contributed by atoms with Gasteiger partial charge in [-0.3, -0.25) is 0 Å². The highest BCUT2D eigenvalue weighted by atomic mass is 32.1. The number of fused-ring (bicyclic) bond motifs is 1. The molecule has 2 N–H and O–H groups in total. The van der Waals surface area contributed by atoms with E-state index in [0.29, 0.717) is 60.1 Å². The van der Waals surface area contributed by atoms with E-state index in [9.17, 15) is 10.1 Å². The second-order valence-corrected chi connectivity index (χ2v) is 15.9. The molecule has 6 rings (SSSR count). The van der Waals surface area contributed by atoms with Gasteiger partial charge in [0.1, 0.15) is 28.2 Å². The number of thiophene rings is 1. The van der Waals surface area contributed by atoms with Crippen molar-refractivity contribution in [2.45, 2.75) is 83.8 Å². The third kappa shape index (κ3) is 7.52. The number of ether oxygens (including phenoxy) is 2. The van der Waals surface area contributed by atoms with E-state index in [0.717, 1.165) is 81.1 Å². The topological polar surface area (TPSA) is 163 Å². The third-order valence-corrected chi connectivity index (χ3v) is 10.9. The Bertz CT molecular complexity index is 1710. The number of piperazine rings is 1. The summed E-state index contributed by atoms with van der Waals surface area (Å²) in [6.45, 7) is 16.5.